The minimum atomic E-state index is -0.948. The van der Waals surface area contributed by atoms with Gasteiger partial charge in [0.2, 0.25) is 0 Å². The van der Waals surface area contributed by atoms with E-state index in [0.717, 1.165) is 13.0 Å². The van der Waals surface area contributed by atoms with Crippen molar-refractivity contribution in [2.24, 2.45) is 0 Å². The van der Waals surface area contributed by atoms with E-state index in [1.165, 1.54) is 0 Å². The van der Waals surface area contributed by atoms with Crippen molar-refractivity contribution < 1.29 is 14.6 Å². The Morgan fingerprint density at radius 1 is 1.56 bits per heavy atom. The molecule has 5 nitrogen and oxygen atoms in total. The molecule has 2 N–H and O–H groups in total. The number of hydrogen-bond acceptors (Lipinski definition) is 4. The Kier molecular flexibility index (Phi) is 4.72. The molecule has 1 rings (SSSR count). The molecule has 5 heteroatoms. The number of anilines is 1. The number of pyridine rings is 1. The van der Waals surface area contributed by atoms with Gasteiger partial charge in [-0.2, -0.15) is 0 Å². The van der Waals surface area contributed by atoms with E-state index in [1.807, 2.05) is 0 Å². The van der Waals surface area contributed by atoms with Crippen LogP contribution in [0.5, 0.6) is 0 Å². The van der Waals surface area contributed by atoms with Crippen LogP contribution in [0.4, 0.5) is 5.82 Å². The summed E-state index contributed by atoms with van der Waals surface area (Å²) in [5.74, 6) is -0.255. The molecule has 1 aromatic rings. The van der Waals surface area contributed by atoms with Crippen molar-refractivity contribution in [3.8, 4) is 0 Å². The molecule has 1 heterocycles. The molecule has 0 atom stereocenters. The number of carboxylic acids is 1. The maximum absolute atomic E-state index is 10.8. The minimum Gasteiger partial charge on any atom is -0.478 e. The van der Waals surface area contributed by atoms with Gasteiger partial charge in [-0.15, -0.1) is 0 Å². The zero-order valence-corrected chi connectivity index (χ0v) is 9.49. The molecule has 0 radical (unpaired) electrons. The Balaban J connectivity index is 2.56. The lowest BCUT2D eigenvalue weighted by Gasteiger charge is -2.07. The van der Waals surface area contributed by atoms with Crippen LogP contribution < -0.4 is 5.32 Å². The van der Waals surface area contributed by atoms with Crippen LogP contribution in [0.1, 0.15) is 22.5 Å². The van der Waals surface area contributed by atoms with Crippen LogP contribution in [0, 0.1) is 6.92 Å². The maximum Gasteiger partial charge on any atom is 0.337 e. The third kappa shape index (κ3) is 3.51. The Morgan fingerprint density at radius 2 is 2.31 bits per heavy atom. The van der Waals surface area contributed by atoms with Gasteiger partial charge in [0.25, 0.3) is 0 Å². The average molecular weight is 224 g/mol. The van der Waals surface area contributed by atoms with Crippen LogP contribution in [0.3, 0.4) is 0 Å². The fourth-order valence-electron chi connectivity index (χ4n) is 1.32. The van der Waals surface area contributed by atoms with Gasteiger partial charge in [-0.05, 0) is 25.5 Å². The molecule has 0 amide bonds. The van der Waals surface area contributed by atoms with Gasteiger partial charge in [-0.25, -0.2) is 9.78 Å². The number of ether oxygens (including phenoxy) is 1. The van der Waals surface area contributed by atoms with Crippen LogP contribution in [0.2, 0.25) is 0 Å². The number of aryl methyl sites for hydroxylation is 1. The molecule has 0 fully saturated rings. The smallest absolute Gasteiger partial charge is 0.337 e. The summed E-state index contributed by atoms with van der Waals surface area (Å²) in [5, 5.41) is 11.9. The largest absolute Gasteiger partial charge is 0.478 e. The second-order valence-electron chi connectivity index (χ2n) is 3.41. The standard InChI is InChI=1S/C11H16N2O3/c1-8-9(11(14)15)4-5-10(13-8)12-6-3-7-16-2/h4-5H,3,6-7H2,1-2H3,(H,12,13)(H,14,15). The molecule has 16 heavy (non-hydrogen) atoms. The second kappa shape index (κ2) is 6.07. The van der Waals surface area contributed by atoms with Crippen LogP contribution in [0.15, 0.2) is 12.1 Å². The highest BCUT2D eigenvalue weighted by Gasteiger charge is 2.07. The number of nitrogens with zero attached hydrogens (tertiary/aromatic N) is 1. The van der Waals surface area contributed by atoms with E-state index >= 15 is 0 Å². The highest BCUT2D eigenvalue weighted by Crippen LogP contribution is 2.10. The first-order valence-corrected chi connectivity index (χ1v) is 5.09. The lowest BCUT2D eigenvalue weighted by Crippen LogP contribution is -2.08. The second-order valence-corrected chi connectivity index (χ2v) is 3.41. The first kappa shape index (κ1) is 12.4. The molecule has 0 aliphatic rings. The first-order valence-electron chi connectivity index (χ1n) is 5.09. The third-order valence-electron chi connectivity index (χ3n) is 2.15. The van der Waals surface area contributed by atoms with Gasteiger partial charge in [-0.1, -0.05) is 0 Å². The average Bonchev–Trinajstić information content (AvgIpc) is 2.24. The van der Waals surface area contributed by atoms with E-state index in [0.29, 0.717) is 18.1 Å². The van der Waals surface area contributed by atoms with E-state index in [9.17, 15) is 4.79 Å². The van der Waals surface area contributed by atoms with Gasteiger partial charge in [0.1, 0.15) is 5.82 Å². The summed E-state index contributed by atoms with van der Waals surface area (Å²) >= 11 is 0. The van der Waals surface area contributed by atoms with Crippen molar-refractivity contribution in [2.45, 2.75) is 13.3 Å². The molecule has 0 aliphatic carbocycles. The number of hydrogen-bond donors (Lipinski definition) is 2. The number of aromatic carboxylic acids is 1. The summed E-state index contributed by atoms with van der Waals surface area (Å²) in [6.45, 7) is 3.13. The Bertz CT molecular complexity index is 366. The van der Waals surface area contributed by atoms with Crippen LogP contribution in [-0.4, -0.2) is 36.3 Å². The number of carboxylic acid groups (broad SMARTS) is 1. The normalized spacial score (nSPS) is 10.1. The quantitative estimate of drug-likeness (QED) is 0.717. The summed E-state index contributed by atoms with van der Waals surface area (Å²) in [6.07, 6.45) is 0.887. The van der Waals surface area contributed by atoms with Gasteiger partial charge < -0.3 is 15.2 Å². The Morgan fingerprint density at radius 3 is 2.88 bits per heavy atom. The summed E-state index contributed by atoms with van der Waals surface area (Å²) in [5.41, 5.74) is 0.756. The van der Waals surface area contributed by atoms with Crippen molar-refractivity contribution in [3.05, 3.63) is 23.4 Å². The van der Waals surface area contributed by atoms with Gasteiger partial charge in [0.15, 0.2) is 0 Å². The number of aromatic nitrogens is 1. The van der Waals surface area contributed by atoms with Crippen molar-refractivity contribution in [3.63, 3.8) is 0 Å². The van der Waals surface area contributed by atoms with E-state index in [-0.39, 0.29) is 5.56 Å². The van der Waals surface area contributed by atoms with Gasteiger partial charge in [0.05, 0.1) is 11.3 Å². The summed E-state index contributed by atoms with van der Waals surface area (Å²) in [4.78, 5) is 14.9. The van der Waals surface area contributed by atoms with Gasteiger partial charge >= 0.3 is 5.97 Å². The topological polar surface area (TPSA) is 71.5 Å². The summed E-state index contributed by atoms with van der Waals surface area (Å²) in [7, 11) is 1.66. The fourth-order valence-corrected chi connectivity index (χ4v) is 1.32. The van der Waals surface area contributed by atoms with Crippen LogP contribution in [0.25, 0.3) is 0 Å². The van der Waals surface area contributed by atoms with Gasteiger partial charge in [0, 0.05) is 20.3 Å². The molecule has 0 aromatic carbocycles. The molecule has 88 valence electrons. The number of carbonyl (C=O) groups is 1. The predicted octanol–water partition coefficient (Wildman–Crippen LogP) is 1.54. The number of nitrogens with one attached hydrogen (secondary N) is 1. The third-order valence-corrected chi connectivity index (χ3v) is 2.15. The number of rotatable bonds is 6. The Hall–Kier alpha value is -1.62. The van der Waals surface area contributed by atoms with Crippen LogP contribution >= 0.6 is 0 Å². The molecule has 0 unspecified atom stereocenters. The molecular weight excluding hydrogens is 208 g/mol. The lowest BCUT2D eigenvalue weighted by atomic mass is 10.2. The molecule has 0 saturated carbocycles. The molecule has 0 aliphatic heterocycles. The zero-order valence-electron chi connectivity index (χ0n) is 9.49. The van der Waals surface area contributed by atoms with Crippen molar-refractivity contribution in [1.29, 1.82) is 0 Å². The highest BCUT2D eigenvalue weighted by molar-refractivity contribution is 5.88. The zero-order chi connectivity index (χ0) is 12.0. The van der Waals surface area contributed by atoms with Crippen molar-refractivity contribution in [2.75, 3.05) is 25.6 Å². The van der Waals surface area contributed by atoms with E-state index in [2.05, 4.69) is 10.3 Å². The Labute approximate surface area is 94.5 Å². The molecule has 0 spiro atoms. The molecule has 0 bridgehead atoms. The van der Waals surface area contributed by atoms with Crippen LogP contribution in [-0.2, 0) is 4.74 Å². The summed E-state index contributed by atoms with van der Waals surface area (Å²) < 4.78 is 4.92. The van der Waals surface area contributed by atoms with Gasteiger partial charge in [-0.3, -0.25) is 0 Å². The highest BCUT2D eigenvalue weighted by atomic mass is 16.5. The lowest BCUT2D eigenvalue weighted by molar-refractivity contribution is 0.0695. The molecule has 1 aromatic heterocycles. The molecular formula is C11H16N2O3. The fraction of sp³-hybridized carbons (Fsp3) is 0.455. The van der Waals surface area contributed by atoms with E-state index in [4.69, 9.17) is 9.84 Å². The molecule has 0 saturated heterocycles. The van der Waals surface area contributed by atoms with Crippen molar-refractivity contribution in [1.82, 2.24) is 4.98 Å². The summed E-state index contributed by atoms with van der Waals surface area (Å²) in [6, 6.07) is 3.23. The first-order chi connectivity index (χ1) is 7.65. The number of methoxy groups -OCH3 is 1. The predicted molar refractivity (Wildman–Crippen MR) is 60.9 cm³/mol. The van der Waals surface area contributed by atoms with Crippen molar-refractivity contribution >= 4 is 11.8 Å². The van der Waals surface area contributed by atoms with E-state index in [1.54, 1.807) is 26.2 Å². The SMILES string of the molecule is COCCCNc1ccc(C(=O)O)c(C)n1. The monoisotopic (exact) mass is 224 g/mol. The maximum atomic E-state index is 10.8. The van der Waals surface area contributed by atoms with E-state index < -0.39 is 5.97 Å². The minimum absolute atomic E-state index is 0.238.